The first-order valence-corrected chi connectivity index (χ1v) is 12.4. The van der Waals surface area contributed by atoms with E-state index in [9.17, 15) is 8.78 Å². The largest absolute Gasteiger partial charge is 0.487 e. The molecule has 1 unspecified atom stereocenters. The second-order valence-electron chi connectivity index (χ2n) is 10.1. The molecule has 0 spiro atoms. The predicted octanol–water partition coefficient (Wildman–Crippen LogP) is 6.63. The monoisotopic (exact) mass is 518 g/mol. The molecular formula is C30H27ClF2N3O+. The standard InChI is InChI=1S/C30H26ClF2N3O/c1-30(2,3)27(18-7-5-4-6-8-18)23-15-20(10-12-21(23)29-34-16-26(31)36-29)37-17-19-9-11-22-25(35-19)14-13-24(32)28(22)33/h4-16,27H,17H2,1-3H3,(H,34,36)/p+1. The van der Waals surface area contributed by atoms with Gasteiger partial charge in [-0.15, -0.1) is 0 Å². The van der Waals surface area contributed by atoms with Crippen molar-refractivity contribution in [3.63, 3.8) is 0 Å². The van der Waals surface area contributed by atoms with E-state index in [0.29, 0.717) is 22.1 Å². The van der Waals surface area contributed by atoms with Crippen LogP contribution in [-0.2, 0) is 6.61 Å². The van der Waals surface area contributed by atoms with Gasteiger partial charge in [0, 0.05) is 11.3 Å². The van der Waals surface area contributed by atoms with E-state index in [-0.39, 0.29) is 23.3 Å². The number of ether oxygens (including phenoxy) is 1. The highest BCUT2D eigenvalue weighted by molar-refractivity contribution is 6.30. The van der Waals surface area contributed by atoms with Crippen LogP contribution in [0.4, 0.5) is 8.78 Å². The topological polar surface area (TPSA) is 51.1 Å². The summed E-state index contributed by atoms with van der Waals surface area (Å²) in [5.41, 5.74) is 4.15. The third kappa shape index (κ3) is 5.26. The Labute approximate surface area is 219 Å². The Morgan fingerprint density at radius 3 is 2.46 bits per heavy atom. The van der Waals surface area contributed by atoms with E-state index < -0.39 is 11.6 Å². The average Bonchev–Trinajstić information content (AvgIpc) is 3.31. The minimum atomic E-state index is -0.895. The van der Waals surface area contributed by atoms with Crippen molar-refractivity contribution in [2.45, 2.75) is 33.3 Å². The number of hydrogen-bond donors (Lipinski definition) is 1. The number of aliphatic imine (C=N–C) groups is 1. The highest BCUT2D eigenvalue weighted by atomic mass is 35.5. The molecule has 0 saturated heterocycles. The van der Waals surface area contributed by atoms with Gasteiger partial charge in [0.25, 0.3) is 0 Å². The number of fused-ring (bicyclic) bond motifs is 1. The number of nitrogens with zero attached hydrogens (tertiary/aromatic N) is 2. The van der Waals surface area contributed by atoms with E-state index in [0.717, 1.165) is 23.0 Å². The number of pyridine rings is 1. The van der Waals surface area contributed by atoms with Gasteiger partial charge < -0.3 is 4.74 Å². The lowest BCUT2D eigenvalue weighted by atomic mass is 9.71. The van der Waals surface area contributed by atoms with Crippen LogP contribution in [-0.4, -0.2) is 10.8 Å². The molecule has 1 aliphatic rings. The van der Waals surface area contributed by atoms with Crippen molar-refractivity contribution < 1.29 is 18.8 Å². The van der Waals surface area contributed by atoms with Crippen LogP contribution in [0.1, 0.15) is 49.1 Å². The zero-order chi connectivity index (χ0) is 26.2. The third-order valence-electron chi connectivity index (χ3n) is 6.42. The molecule has 4 aromatic rings. The lowest BCUT2D eigenvalue weighted by Gasteiger charge is -2.33. The second-order valence-corrected chi connectivity index (χ2v) is 10.5. The molecule has 1 aliphatic heterocycles. The Bertz CT molecular complexity index is 1530. The first-order valence-electron chi connectivity index (χ1n) is 12.1. The molecule has 5 rings (SSSR count). The zero-order valence-electron chi connectivity index (χ0n) is 20.8. The van der Waals surface area contributed by atoms with Gasteiger partial charge in [-0.3, -0.25) is 5.32 Å². The third-order valence-corrected chi connectivity index (χ3v) is 6.63. The van der Waals surface area contributed by atoms with Crippen LogP contribution in [0.15, 0.2) is 89.1 Å². The van der Waals surface area contributed by atoms with Gasteiger partial charge in [-0.2, -0.15) is 4.99 Å². The van der Waals surface area contributed by atoms with Crippen LogP contribution in [0.2, 0.25) is 0 Å². The number of benzene rings is 3. The molecule has 0 fully saturated rings. The highest BCUT2D eigenvalue weighted by Gasteiger charge is 2.32. The highest BCUT2D eigenvalue weighted by Crippen LogP contribution is 2.43. The smallest absolute Gasteiger partial charge is 0.238 e. The molecule has 0 bridgehead atoms. The SMILES string of the molecule is CC(C)(C)C(c1ccccc1)c1cc(OCc2ccc3c(F)c(F)ccc3n2)ccc1C1=NC(Cl)=C[NH2+]1. The van der Waals surface area contributed by atoms with Gasteiger partial charge in [0.05, 0.1) is 16.8 Å². The van der Waals surface area contributed by atoms with Gasteiger partial charge in [0.1, 0.15) is 18.6 Å². The molecule has 1 atom stereocenters. The van der Waals surface area contributed by atoms with Crippen LogP contribution < -0.4 is 10.1 Å². The Hall–Kier alpha value is -3.61. The van der Waals surface area contributed by atoms with Crippen molar-refractivity contribution in [3.05, 3.63) is 118 Å². The van der Waals surface area contributed by atoms with Crippen molar-refractivity contribution in [1.82, 2.24) is 4.98 Å². The predicted molar refractivity (Wildman–Crippen MR) is 143 cm³/mol. The molecule has 0 aliphatic carbocycles. The molecule has 3 aromatic carbocycles. The Kier molecular flexibility index (Phi) is 6.80. The minimum Gasteiger partial charge on any atom is -0.487 e. The fourth-order valence-corrected chi connectivity index (χ4v) is 4.96. The van der Waals surface area contributed by atoms with Crippen molar-refractivity contribution >= 4 is 28.3 Å². The summed E-state index contributed by atoms with van der Waals surface area (Å²) in [6.45, 7) is 6.83. The summed E-state index contributed by atoms with van der Waals surface area (Å²) in [6, 6.07) is 22.1. The molecule has 37 heavy (non-hydrogen) atoms. The summed E-state index contributed by atoms with van der Waals surface area (Å²) in [5.74, 6) is -0.248. The lowest BCUT2D eigenvalue weighted by Crippen LogP contribution is -2.81. The van der Waals surface area contributed by atoms with Crippen LogP contribution >= 0.6 is 11.6 Å². The Morgan fingerprint density at radius 1 is 0.973 bits per heavy atom. The summed E-state index contributed by atoms with van der Waals surface area (Å²) >= 11 is 6.17. The molecule has 0 amide bonds. The summed E-state index contributed by atoms with van der Waals surface area (Å²) in [5, 5.41) is 2.52. The second kappa shape index (κ2) is 10.0. The molecular weight excluding hydrogens is 492 g/mol. The van der Waals surface area contributed by atoms with Crippen LogP contribution in [0.5, 0.6) is 5.75 Å². The first-order chi connectivity index (χ1) is 17.7. The number of aromatic nitrogens is 1. The summed E-state index contributed by atoms with van der Waals surface area (Å²) in [4.78, 5) is 8.97. The van der Waals surface area contributed by atoms with Crippen molar-refractivity contribution in [2.75, 3.05) is 0 Å². The zero-order valence-corrected chi connectivity index (χ0v) is 21.6. The maximum atomic E-state index is 14.1. The van der Waals surface area contributed by atoms with Gasteiger partial charge in [-0.25, -0.2) is 13.8 Å². The number of rotatable bonds is 6. The summed E-state index contributed by atoms with van der Waals surface area (Å²) < 4.78 is 33.8. The van der Waals surface area contributed by atoms with E-state index in [1.165, 1.54) is 17.7 Å². The Morgan fingerprint density at radius 2 is 1.76 bits per heavy atom. The maximum Gasteiger partial charge on any atom is 0.238 e. The van der Waals surface area contributed by atoms with Gasteiger partial charge >= 0.3 is 0 Å². The number of halogens is 3. The van der Waals surface area contributed by atoms with E-state index in [2.05, 4.69) is 48.9 Å². The van der Waals surface area contributed by atoms with Crippen LogP contribution in [0.3, 0.4) is 0 Å². The number of amidine groups is 1. The molecule has 7 heteroatoms. The average molecular weight is 519 g/mol. The molecule has 188 valence electrons. The van der Waals surface area contributed by atoms with Gasteiger partial charge in [0.15, 0.2) is 16.8 Å². The number of quaternary nitrogens is 1. The number of nitrogens with two attached hydrogens (primary N) is 1. The van der Waals surface area contributed by atoms with Crippen LogP contribution in [0, 0.1) is 17.0 Å². The molecule has 0 saturated carbocycles. The molecule has 1 aromatic heterocycles. The van der Waals surface area contributed by atoms with E-state index in [1.54, 1.807) is 12.3 Å². The van der Waals surface area contributed by atoms with E-state index in [1.807, 2.05) is 35.6 Å². The fourth-order valence-electron chi connectivity index (χ4n) is 4.80. The summed E-state index contributed by atoms with van der Waals surface area (Å²) in [7, 11) is 0. The Balaban J connectivity index is 1.51. The normalized spacial score (nSPS) is 14.4. The lowest BCUT2D eigenvalue weighted by molar-refractivity contribution is -0.456. The first kappa shape index (κ1) is 25.1. The molecule has 2 heterocycles. The van der Waals surface area contributed by atoms with Gasteiger partial charge in [0.2, 0.25) is 5.84 Å². The minimum absolute atomic E-state index is 0.0550. The van der Waals surface area contributed by atoms with Crippen LogP contribution in [0.25, 0.3) is 10.9 Å². The van der Waals surface area contributed by atoms with Gasteiger partial charge in [-0.05, 0) is 59.0 Å². The molecule has 4 nitrogen and oxygen atoms in total. The van der Waals surface area contributed by atoms with Crippen molar-refractivity contribution in [2.24, 2.45) is 10.4 Å². The molecule has 0 radical (unpaired) electrons. The maximum absolute atomic E-state index is 14.1. The van der Waals surface area contributed by atoms with Crippen molar-refractivity contribution in [1.29, 1.82) is 0 Å². The fraction of sp³-hybridized carbons (Fsp3) is 0.200. The number of hydrogen-bond acceptors (Lipinski definition) is 3. The van der Waals surface area contributed by atoms with Gasteiger partial charge in [-0.1, -0.05) is 62.7 Å². The van der Waals surface area contributed by atoms with E-state index >= 15 is 0 Å². The van der Waals surface area contributed by atoms with E-state index in [4.69, 9.17) is 16.3 Å². The van der Waals surface area contributed by atoms with Crippen molar-refractivity contribution in [3.8, 4) is 5.75 Å². The molecule has 2 N–H and O–H groups in total. The quantitative estimate of drug-likeness (QED) is 0.291. The summed E-state index contributed by atoms with van der Waals surface area (Å²) in [6.07, 6.45) is 1.79.